The van der Waals surface area contributed by atoms with Gasteiger partial charge in [0, 0.05) is 31.2 Å². The van der Waals surface area contributed by atoms with Crippen LogP contribution in [0.5, 0.6) is 0 Å². The molecule has 1 N–H and O–H groups in total. The van der Waals surface area contributed by atoms with Crippen molar-refractivity contribution in [2.45, 2.75) is 78.0 Å². The molecule has 2 aliphatic rings. The summed E-state index contributed by atoms with van der Waals surface area (Å²) in [5.74, 6) is 0.271. The Labute approximate surface area is 129 Å². The predicted octanol–water partition coefficient (Wildman–Crippen LogP) is 2.57. The van der Waals surface area contributed by atoms with Crippen LogP contribution >= 0.6 is 0 Å². The van der Waals surface area contributed by atoms with E-state index >= 15 is 0 Å². The van der Waals surface area contributed by atoms with E-state index in [1.54, 1.807) is 0 Å². The number of ether oxygens (including phenoxy) is 1. The number of likely N-dealkylation sites (tertiary alicyclic amines) is 1. The van der Waals surface area contributed by atoms with E-state index in [1.165, 1.54) is 6.42 Å². The number of nitrogens with zero attached hydrogens (tertiary/aromatic N) is 1. The molecular weight excluding hydrogens is 264 g/mol. The van der Waals surface area contributed by atoms with Crippen LogP contribution in [0.4, 0.5) is 0 Å². The molecule has 122 valence electrons. The summed E-state index contributed by atoms with van der Waals surface area (Å²) in [6.07, 6.45) is 6.01. The summed E-state index contributed by atoms with van der Waals surface area (Å²) in [4.78, 5) is 14.5. The zero-order valence-electron chi connectivity index (χ0n) is 14.2. The summed E-state index contributed by atoms with van der Waals surface area (Å²) in [7, 11) is 0. The third-order valence-electron chi connectivity index (χ3n) is 5.60. The van der Waals surface area contributed by atoms with Crippen molar-refractivity contribution >= 4 is 5.91 Å². The normalized spacial score (nSPS) is 34.4. The summed E-state index contributed by atoms with van der Waals surface area (Å²) < 4.78 is 5.84. The number of carbonyl (C=O) groups excluding carboxylic acids is 1. The lowest BCUT2D eigenvalue weighted by Gasteiger charge is -2.54. The van der Waals surface area contributed by atoms with Gasteiger partial charge >= 0.3 is 0 Å². The first-order valence-corrected chi connectivity index (χ1v) is 8.69. The highest BCUT2D eigenvalue weighted by Gasteiger charge is 2.51. The Balaban J connectivity index is 1.87. The Kier molecular flexibility index (Phi) is 5.67. The van der Waals surface area contributed by atoms with E-state index in [0.717, 1.165) is 45.4 Å². The van der Waals surface area contributed by atoms with Crippen LogP contribution in [-0.2, 0) is 9.53 Å². The van der Waals surface area contributed by atoms with Crippen molar-refractivity contribution in [3.05, 3.63) is 0 Å². The van der Waals surface area contributed by atoms with Gasteiger partial charge in [-0.3, -0.25) is 4.79 Å². The van der Waals surface area contributed by atoms with Crippen molar-refractivity contribution in [3.8, 4) is 0 Å². The van der Waals surface area contributed by atoms with Gasteiger partial charge < -0.3 is 15.0 Å². The SMILES string of the molecule is CCOC1CC(NC(C)C(=O)N2CCCCC2)C1(C)CC. The number of hydrogen-bond donors (Lipinski definition) is 1. The topological polar surface area (TPSA) is 41.6 Å². The molecule has 0 bridgehead atoms. The van der Waals surface area contributed by atoms with E-state index in [9.17, 15) is 4.79 Å². The largest absolute Gasteiger partial charge is 0.378 e. The molecule has 1 heterocycles. The molecule has 4 nitrogen and oxygen atoms in total. The van der Waals surface area contributed by atoms with Crippen LogP contribution in [0.15, 0.2) is 0 Å². The number of hydrogen-bond acceptors (Lipinski definition) is 3. The summed E-state index contributed by atoms with van der Waals surface area (Å²) in [6, 6.07) is 0.310. The third kappa shape index (κ3) is 3.42. The van der Waals surface area contributed by atoms with Crippen LogP contribution < -0.4 is 5.32 Å². The minimum atomic E-state index is -0.0819. The molecule has 2 rings (SSSR count). The van der Waals surface area contributed by atoms with Crippen molar-refractivity contribution in [1.29, 1.82) is 0 Å². The monoisotopic (exact) mass is 296 g/mol. The second-order valence-electron chi connectivity index (χ2n) is 6.87. The van der Waals surface area contributed by atoms with E-state index in [1.807, 2.05) is 11.8 Å². The van der Waals surface area contributed by atoms with Crippen molar-refractivity contribution in [3.63, 3.8) is 0 Å². The van der Waals surface area contributed by atoms with Gasteiger partial charge in [-0.1, -0.05) is 13.8 Å². The van der Waals surface area contributed by atoms with Crippen LogP contribution in [0.1, 0.15) is 59.8 Å². The molecule has 1 amide bonds. The maximum Gasteiger partial charge on any atom is 0.239 e. The highest BCUT2D eigenvalue weighted by Crippen LogP contribution is 2.46. The Hall–Kier alpha value is -0.610. The van der Waals surface area contributed by atoms with E-state index in [0.29, 0.717) is 12.1 Å². The fraction of sp³-hybridized carbons (Fsp3) is 0.941. The van der Waals surface area contributed by atoms with Gasteiger partial charge in [0.1, 0.15) is 0 Å². The molecule has 4 heteroatoms. The first kappa shape index (κ1) is 16.8. The van der Waals surface area contributed by atoms with Gasteiger partial charge in [0.05, 0.1) is 12.1 Å². The molecule has 1 saturated carbocycles. The van der Waals surface area contributed by atoms with Gasteiger partial charge in [-0.2, -0.15) is 0 Å². The average molecular weight is 296 g/mol. The fourth-order valence-corrected chi connectivity index (χ4v) is 3.77. The Bertz CT molecular complexity index is 355. The maximum atomic E-state index is 12.5. The molecule has 0 radical (unpaired) electrons. The number of rotatable bonds is 6. The van der Waals surface area contributed by atoms with Crippen LogP contribution in [0.2, 0.25) is 0 Å². The highest BCUT2D eigenvalue weighted by atomic mass is 16.5. The predicted molar refractivity (Wildman–Crippen MR) is 85.2 cm³/mol. The molecule has 2 fully saturated rings. The lowest BCUT2D eigenvalue weighted by Crippen LogP contribution is -2.65. The number of carbonyl (C=O) groups is 1. The number of amides is 1. The Morgan fingerprint density at radius 1 is 1.33 bits per heavy atom. The Morgan fingerprint density at radius 2 is 2.00 bits per heavy atom. The lowest BCUT2D eigenvalue weighted by molar-refractivity contribution is -0.142. The van der Waals surface area contributed by atoms with Gasteiger partial charge in [-0.15, -0.1) is 0 Å². The fourth-order valence-electron chi connectivity index (χ4n) is 3.77. The van der Waals surface area contributed by atoms with Gasteiger partial charge in [-0.25, -0.2) is 0 Å². The van der Waals surface area contributed by atoms with Crippen LogP contribution in [0, 0.1) is 5.41 Å². The summed E-state index contributed by atoms with van der Waals surface area (Å²) in [5.41, 5.74) is 0.159. The molecular formula is C17H32N2O2. The average Bonchev–Trinajstić information content (AvgIpc) is 2.52. The van der Waals surface area contributed by atoms with Gasteiger partial charge in [0.15, 0.2) is 0 Å². The third-order valence-corrected chi connectivity index (χ3v) is 5.60. The van der Waals surface area contributed by atoms with E-state index in [-0.39, 0.29) is 17.4 Å². The quantitative estimate of drug-likeness (QED) is 0.819. The standard InChI is InChI=1S/C17H32N2O2/c1-5-17(4)14(12-15(17)21-6-2)18-13(3)16(20)19-10-8-7-9-11-19/h13-15,18H,5-12H2,1-4H3. The van der Waals surface area contributed by atoms with E-state index in [2.05, 4.69) is 26.1 Å². The summed E-state index contributed by atoms with van der Waals surface area (Å²) >= 11 is 0. The molecule has 21 heavy (non-hydrogen) atoms. The van der Waals surface area contributed by atoms with Crippen LogP contribution in [0.3, 0.4) is 0 Å². The highest BCUT2D eigenvalue weighted by molar-refractivity contribution is 5.81. The molecule has 1 saturated heterocycles. The number of piperidine rings is 1. The smallest absolute Gasteiger partial charge is 0.239 e. The lowest BCUT2D eigenvalue weighted by atomic mass is 9.61. The van der Waals surface area contributed by atoms with Gasteiger partial charge in [0.2, 0.25) is 5.91 Å². The molecule has 0 spiro atoms. The van der Waals surface area contributed by atoms with Gasteiger partial charge in [-0.05, 0) is 46.0 Å². The molecule has 0 aromatic carbocycles. The summed E-state index contributed by atoms with van der Waals surface area (Å²) in [6.45, 7) is 11.2. The van der Waals surface area contributed by atoms with Crippen molar-refractivity contribution in [1.82, 2.24) is 10.2 Å². The first-order valence-electron chi connectivity index (χ1n) is 8.69. The minimum absolute atomic E-state index is 0.0819. The molecule has 1 aliphatic heterocycles. The first-order chi connectivity index (χ1) is 10.0. The number of nitrogens with one attached hydrogen (secondary N) is 1. The maximum absolute atomic E-state index is 12.5. The molecule has 4 unspecified atom stereocenters. The van der Waals surface area contributed by atoms with E-state index < -0.39 is 0 Å². The van der Waals surface area contributed by atoms with Crippen molar-refractivity contribution < 1.29 is 9.53 Å². The van der Waals surface area contributed by atoms with Gasteiger partial charge in [0.25, 0.3) is 0 Å². The van der Waals surface area contributed by atoms with E-state index in [4.69, 9.17) is 4.74 Å². The molecule has 4 atom stereocenters. The molecule has 1 aliphatic carbocycles. The van der Waals surface area contributed by atoms with Crippen molar-refractivity contribution in [2.75, 3.05) is 19.7 Å². The minimum Gasteiger partial charge on any atom is -0.378 e. The zero-order chi connectivity index (χ0) is 15.5. The second-order valence-corrected chi connectivity index (χ2v) is 6.87. The second kappa shape index (κ2) is 7.10. The molecule has 0 aromatic rings. The summed E-state index contributed by atoms with van der Waals surface area (Å²) in [5, 5.41) is 3.57. The zero-order valence-corrected chi connectivity index (χ0v) is 14.2. The van der Waals surface area contributed by atoms with Crippen LogP contribution in [-0.4, -0.2) is 48.7 Å². The Morgan fingerprint density at radius 3 is 2.57 bits per heavy atom. The molecule has 0 aromatic heterocycles. The van der Waals surface area contributed by atoms with Crippen molar-refractivity contribution in [2.24, 2.45) is 5.41 Å². The van der Waals surface area contributed by atoms with Crippen LogP contribution in [0.25, 0.3) is 0 Å².